The molecule has 1 N–H and O–H groups in total. The number of benzene rings is 1. The minimum Gasteiger partial charge on any atom is -0.473 e. The van der Waals surface area contributed by atoms with Gasteiger partial charge in [-0.2, -0.15) is 5.26 Å². The molecule has 98 valence electrons. The Morgan fingerprint density at radius 3 is 2.78 bits per heavy atom. The van der Waals surface area contributed by atoms with Gasteiger partial charge in [-0.15, -0.1) is 0 Å². The van der Waals surface area contributed by atoms with Crippen LogP contribution in [0, 0.1) is 17.1 Å². The summed E-state index contributed by atoms with van der Waals surface area (Å²) >= 11 is 0. The van der Waals surface area contributed by atoms with E-state index in [-0.39, 0.29) is 5.75 Å². The molecular weight excluding hydrogens is 231 g/mol. The van der Waals surface area contributed by atoms with E-state index in [1.165, 1.54) is 6.07 Å². The Morgan fingerprint density at radius 1 is 1.44 bits per heavy atom. The largest absolute Gasteiger partial charge is 0.473 e. The molecule has 1 rings (SSSR count). The van der Waals surface area contributed by atoms with Gasteiger partial charge in [0.1, 0.15) is 6.07 Å². The van der Waals surface area contributed by atoms with Gasteiger partial charge in [0.25, 0.3) is 0 Å². The summed E-state index contributed by atoms with van der Waals surface area (Å²) in [5, 5.41) is 12.0. The lowest BCUT2D eigenvalue weighted by Gasteiger charge is -2.12. The van der Waals surface area contributed by atoms with Crippen molar-refractivity contribution in [3.63, 3.8) is 0 Å². The molecule has 0 saturated carbocycles. The third-order valence-electron chi connectivity index (χ3n) is 2.54. The number of hydrogen-bond donors (Lipinski definition) is 1. The highest BCUT2D eigenvalue weighted by Crippen LogP contribution is 2.20. The van der Waals surface area contributed by atoms with E-state index >= 15 is 0 Å². The van der Waals surface area contributed by atoms with E-state index < -0.39 is 11.9 Å². The summed E-state index contributed by atoms with van der Waals surface area (Å²) in [7, 11) is 0. The fourth-order valence-electron chi connectivity index (χ4n) is 1.51. The molecule has 4 heteroatoms. The summed E-state index contributed by atoms with van der Waals surface area (Å²) < 4.78 is 19.0. The van der Waals surface area contributed by atoms with Crippen molar-refractivity contribution >= 4 is 0 Å². The molecule has 0 spiro atoms. The maximum atomic E-state index is 13.7. The van der Waals surface area contributed by atoms with Crippen LogP contribution < -0.4 is 10.1 Å². The third-order valence-corrected chi connectivity index (χ3v) is 2.54. The monoisotopic (exact) mass is 250 g/mol. The second-order valence-electron chi connectivity index (χ2n) is 4.09. The van der Waals surface area contributed by atoms with Crippen molar-refractivity contribution in [3.8, 4) is 11.8 Å². The highest BCUT2D eigenvalue weighted by Gasteiger charge is 2.10. The molecule has 0 amide bonds. The first-order valence-corrected chi connectivity index (χ1v) is 6.26. The summed E-state index contributed by atoms with van der Waals surface area (Å²) in [5.74, 6) is -0.276. The van der Waals surface area contributed by atoms with E-state index in [1.807, 2.05) is 19.1 Å². The van der Waals surface area contributed by atoms with Crippen molar-refractivity contribution in [1.82, 2.24) is 5.32 Å². The fourth-order valence-corrected chi connectivity index (χ4v) is 1.51. The van der Waals surface area contributed by atoms with Gasteiger partial charge in [0.05, 0.1) is 0 Å². The second-order valence-corrected chi connectivity index (χ2v) is 4.09. The first kappa shape index (κ1) is 14.5. The first-order valence-electron chi connectivity index (χ1n) is 6.26. The van der Waals surface area contributed by atoms with E-state index in [4.69, 9.17) is 10.00 Å². The average molecular weight is 250 g/mol. The number of nitrogens with zero attached hydrogens (tertiary/aromatic N) is 1. The molecule has 0 bridgehead atoms. The molecule has 1 aromatic rings. The number of rotatable bonds is 7. The number of nitrogens with one attached hydrogen (secondary N) is 1. The van der Waals surface area contributed by atoms with Crippen LogP contribution in [0.5, 0.6) is 5.75 Å². The zero-order valence-corrected chi connectivity index (χ0v) is 10.9. The quantitative estimate of drug-likeness (QED) is 0.757. The molecule has 0 radical (unpaired) electrons. The van der Waals surface area contributed by atoms with Gasteiger partial charge in [0.15, 0.2) is 17.7 Å². The minimum absolute atomic E-state index is 0.141. The lowest BCUT2D eigenvalue weighted by molar-refractivity contribution is 0.240. The Hall–Kier alpha value is -1.60. The molecule has 3 nitrogen and oxygen atoms in total. The lowest BCUT2D eigenvalue weighted by atomic mass is 10.2. The van der Waals surface area contributed by atoms with Crippen LogP contribution >= 0.6 is 0 Å². The van der Waals surface area contributed by atoms with E-state index in [0.29, 0.717) is 13.0 Å². The third kappa shape index (κ3) is 4.34. The summed E-state index contributed by atoms with van der Waals surface area (Å²) in [6.45, 7) is 5.46. The predicted octanol–water partition coefficient (Wildman–Crippen LogP) is 3.01. The normalized spacial score (nSPS) is 11.9. The van der Waals surface area contributed by atoms with E-state index in [2.05, 4.69) is 12.2 Å². The molecule has 0 aliphatic heterocycles. The van der Waals surface area contributed by atoms with Crippen LogP contribution in [0.15, 0.2) is 18.2 Å². The standard InChI is InChI=1S/C14H19FN2O/c1-3-7-17-10-11-5-6-14(13(15)8-11)18-12(4-2)9-16/h5-6,8,12,17H,3-4,7,10H2,1-2H3. The zero-order valence-electron chi connectivity index (χ0n) is 10.9. The molecule has 1 aromatic carbocycles. The average Bonchev–Trinajstić information content (AvgIpc) is 2.38. The Balaban J connectivity index is 2.65. The summed E-state index contributed by atoms with van der Waals surface area (Å²) in [5.41, 5.74) is 0.873. The summed E-state index contributed by atoms with van der Waals surface area (Å²) in [6.07, 6.45) is 0.989. The van der Waals surface area contributed by atoms with Crippen molar-refractivity contribution in [2.75, 3.05) is 6.54 Å². The molecule has 0 aromatic heterocycles. The molecule has 1 unspecified atom stereocenters. The highest BCUT2D eigenvalue weighted by atomic mass is 19.1. The van der Waals surface area contributed by atoms with Crippen molar-refractivity contribution in [2.24, 2.45) is 0 Å². The van der Waals surface area contributed by atoms with Crippen LogP contribution in [-0.2, 0) is 6.54 Å². The lowest BCUT2D eigenvalue weighted by Crippen LogP contribution is -2.15. The maximum absolute atomic E-state index is 13.7. The number of ether oxygens (including phenoxy) is 1. The van der Waals surface area contributed by atoms with E-state index in [9.17, 15) is 4.39 Å². The van der Waals surface area contributed by atoms with Crippen molar-refractivity contribution in [1.29, 1.82) is 5.26 Å². The Kier molecular flexibility index (Phi) is 6.16. The van der Waals surface area contributed by atoms with Gasteiger partial charge in [0, 0.05) is 6.54 Å². The minimum atomic E-state index is -0.594. The van der Waals surface area contributed by atoms with Crippen LogP contribution in [0.1, 0.15) is 32.3 Å². The van der Waals surface area contributed by atoms with Crippen LogP contribution in [-0.4, -0.2) is 12.6 Å². The smallest absolute Gasteiger partial charge is 0.184 e. The van der Waals surface area contributed by atoms with Gasteiger partial charge < -0.3 is 10.1 Å². The fraction of sp³-hybridized carbons (Fsp3) is 0.500. The van der Waals surface area contributed by atoms with Crippen LogP contribution in [0.4, 0.5) is 4.39 Å². The van der Waals surface area contributed by atoms with Crippen molar-refractivity contribution in [2.45, 2.75) is 39.3 Å². The molecule has 0 saturated heterocycles. The van der Waals surface area contributed by atoms with Crippen LogP contribution in [0.25, 0.3) is 0 Å². The van der Waals surface area contributed by atoms with Gasteiger partial charge in [-0.25, -0.2) is 4.39 Å². The molecule has 0 heterocycles. The topological polar surface area (TPSA) is 45.0 Å². The zero-order chi connectivity index (χ0) is 13.4. The second kappa shape index (κ2) is 7.67. The Labute approximate surface area is 108 Å². The van der Waals surface area contributed by atoms with E-state index in [1.54, 1.807) is 6.07 Å². The number of nitriles is 1. The molecule has 0 aliphatic rings. The Bertz CT molecular complexity index is 415. The molecular formula is C14H19FN2O. The first-order chi connectivity index (χ1) is 8.71. The van der Waals surface area contributed by atoms with Crippen molar-refractivity contribution in [3.05, 3.63) is 29.6 Å². The van der Waals surface area contributed by atoms with Gasteiger partial charge in [-0.05, 0) is 37.1 Å². The van der Waals surface area contributed by atoms with Gasteiger partial charge in [-0.3, -0.25) is 0 Å². The molecule has 0 fully saturated rings. The highest BCUT2D eigenvalue weighted by molar-refractivity contribution is 5.29. The summed E-state index contributed by atoms with van der Waals surface area (Å²) in [6, 6.07) is 6.82. The molecule has 18 heavy (non-hydrogen) atoms. The number of halogens is 1. The van der Waals surface area contributed by atoms with Gasteiger partial charge in [-0.1, -0.05) is 19.9 Å². The Morgan fingerprint density at radius 2 is 2.22 bits per heavy atom. The van der Waals surface area contributed by atoms with E-state index in [0.717, 1.165) is 18.5 Å². The van der Waals surface area contributed by atoms with Gasteiger partial charge >= 0.3 is 0 Å². The van der Waals surface area contributed by atoms with Crippen molar-refractivity contribution < 1.29 is 9.13 Å². The maximum Gasteiger partial charge on any atom is 0.184 e. The SMILES string of the molecule is CCCNCc1ccc(OC(C#N)CC)c(F)c1. The van der Waals surface area contributed by atoms with Gasteiger partial charge in [0.2, 0.25) is 0 Å². The summed E-state index contributed by atoms with van der Waals surface area (Å²) in [4.78, 5) is 0. The molecule has 1 atom stereocenters. The number of hydrogen-bond acceptors (Lipinski definition) is 3. The predicted molar refractivity (Wildman–Crippen MR) is 68.7 cm³/mol. The molecule has 0 aliphatic carbocycles. The van der Waals surface area contributed by atoms with Crippen LogP contribution in [0.3, 0.4) is 0 Å². The van der Waals surface area contributed by atoms with Crippen LogP contribution in [0.2, 0.25) is 0 Å².